The minimum atomic E-state index is -0.164. The van der Waals surface area contributed by atoms with Gasteiger partial charge in [-0.1, -0.05) is 0 Å². The molecule has 3 heterocycles. The summed E-state index contributed by atoms with van der Waals surface area (Å²) in [4.78, 5) is 35.4. The summed E-state index contributed by atoms with van der Waals surface area (Å²) in [6.07, 6.45) is 6.89. The van der Waals surface area contributed by atoms with Crippen LogP contribution in [-0.2, 0) is 0 Å². The molecule has 0 N–H and O–H groups in total. The van der Waals surface area contributed by atoms with Gasteiger partial charge >= 0.3 is 0 Å². The number of anilines is 1. The fourth-order valence-electron chi connectivity index (χ4n) is 3.33. The Kier molecular flexibility index (Phi) is 4.24. The fourth-order valence-corrected chi connectivity index (χ4v) is 3.33. The van der Waals surface area contributed by atoms with Crippen molar-refractivity contribution in [2.24, 2.45) is 0 Å². The van der Waals surface area contributed by atoms with Crippen LogP contribution < -0.4 is 10.5 Å². The quantitative estimate of drug-likeness (QED) is 0.681. The zero-order chi connectivity index (χ0) is 18.1. The molecule has 6 heteroatoms. The van der Waals surface area contributed by atoms with E-state index in [1.165, 1.54) is 13.3 Å². The van der Waals surface area contributed by atoms with Gasteiger partial charge in [-0.15, -0.1) is 0 Å². The minimum absolute atomic E-state index is 0.000973. The summed E-state index contributed by atoms with van der Waals surface area (Å²) in [5.74, 6) is 0.696. The molecule has 1 aromatic carbocycles. The number of benzene rings is 1. The second-order valence-electron chi connectivity index (χ2n) is 6.61. The van der Waals surface area contributed by atoms with Crippen LogP contribution in [0.1, 0.15) is 36.5 Å². The van der Waals surface area contributed by atoms with Gasteiger partial charge in [0.25, 0.3) is 5.56 Å². The van der Waals surface area contributed by atoms with Crippen LogP contribution in [0.4, 0.5) is 5.95 Å². The highest BCUT2D eigenvalue weighted by atomic mass is 16.1. The van der Waals surface area contributed by atoms with Crippen molar-refractivity contribution >= 4 is 22.6 Å². The van der Waals surface area contributed by atoms with Crippen LogP contribution in [0.25, 0.3) is 16.6 Å². The standard InChI is InChI=1S/C20H20N4O2/c1-14(25)15-5-7-16(8-6-15)24-12-9-18-17(19(24)26)13-21-20(22-18)23-10-3-2-4-11-23/h5-9,12-13H,2-4,10-11H2,1H3. The Hall–Kier alpha value is -3.02. The van der Waals surface area contributed by atoms with Gasteiger partial charge in [-0.3, -0.25) is 14.2 Å². The van der Waals surface area contributed by atoms with Crippen molar-refractivity contribution in [3.63, 3.8) is 0 Å². The van der Waals surface area contributed by atoms with Crippen molar-refractivity contribution in [2.75, 3.05) is 18.0 Å². The molecule has 0 unspecified atom stereocenters. The molecule has 4 rings (SSSR count). The molecule has 26 heavy (non-hydrogen) atoms. The second kappa shape index (κ2) is 6.71. The van der Waals surface area contributed by atoms with Crippen molar-refractivity contribution < 1.29 is 4.79 Å². The molecule has 132 valence electrons. The number of nitrogens with zero attached hydrogens (tertiary/aromatic N) is 4. The Bertz CT molecular complexity index is 1020. The van der Waals surface area contributed by atoms with Gasteiger partial charge in [-0.2, -0.15) is 0 Å². The first-order chi connectivity index (χ1) is 12.6. The van der Waals surface area contributed by atoms with E-state index >= 15 is 0 Å². The van der Waals surface area contributed by atoms with Gasteiger partial charge in [0.15, 0.2) is 5.78 Å². The lowest BCUT2D eigenvalue weighted by Gasteiger charge is -2.26. The second-order valence-corrected chi connectivity index (χ2v) is 6.61. The molecular weight excluding hydrogens is 328 g/mol. The lowest BCUT2D eigenvalue weighted by Crippen LogP contribution is -2.31. The molecular formula is C20H20N4O2. The van der Waals surface area contributed by atoms with Gasteiger partial charge in [-0.05, 0) is 56.5 Å². The maximum absolute atomic E-state index is 12.8. The number of fused-ring (bicyclic) bond motifs is 1. The fraction of sp³-hybridized carbons (Fsp3) is 0.300. The zero-order valence-electron chi connectivity index (χ0n) is 14.7. The van der Waals surface area contributed by atoms with Crippen molar-refractivity contribution in [3.05, 3.63) is 58.6 Å². The van der Waals surface area contributed by atoms with Gasteiger partial charge in [0.1, 0.15) is 0 Å². The number of ketones is 1. The van der Waals surface area contributed by atoms with E-state index in [9.17, 15) is 9.59 Å². The molecule has 6 nitrogen and oxygen atoms in total. The number of pyridine rings is 1. The van der Waals surface area contributed by atoms with Crippen LogP contribution in [-0.4, -0.2) is 33.4 Å². The van der Waals surface area contributed by atoms with Crippen molar-refractivity contribution in [1.82, 2.24) is 14.5 Å². The molecule has 0 radical (unpaired) electrons. The van der Waals surface area contributed by atoms with Crippen LogP contribution >= 0.6 is 0 Å². The third kappa shape index (κ3) is 2.98. The number of hydrogen-bond donors (Lipinski definition) is 0. The molecule has 0 atom stereocenters. The van der Waals surface area contributed by atoms with E-state index in [-0.39, 0.29) is 11.3 Å². The predicted octanol–water partition coefficient (Wildman–Crippen LogP) is 2.97. The summed E-state index contributed by atoms with van der Waals surface area (Å²) in [7, 11) is 0. The summed E-state index contributed by atoms with van der Waals surface area (Å²) in [6.45, 7) is 3.45. The predicted molar refractivity (Wildman–Crippen MR) is 101 cm³/mol. The van der Waals surface area contributed by atoms with Gasteiger partial charge in [0.2, 0.25) is 5.95 Å². The number of hydrogen-bond acceptors (Lipinski definition) is 5. The van der Waals surface area contributed by atoms with Crippen LogP contribution in [0, 0.1) is 0 Å². The van der Waals surface area contributed by atoms with E-state index in [1.807, 2.05) is 6.07 Å². The van der Waals surface area contributed by atoms with Crippen molar-refractivity contribution in [1.29, 1.82) is 0 Å². The third-order valence-corrected chi connectivity index (χ3v) is 4.83. The molecule has 0 aliphatic carbocycles. The van der Waals surface area contributed by atoms with Gasteiger partial charge in [0.05, 0.1) is 10.9 Å². The topological polar surface area (TPSA) is 68.1 Å². The first-order valence-electron chi connectivity index (χ1n) is 8.88. The monoisotopic (exact) mass is 348 g/mol. The largest absolute Gasteiger partial charge is 0.341 e. The Morgan fingerprint density at radius 2 is 1.77 bits per heavy atom. The summed E-state index contributed by atoms with van der Waals surface area (Å²) >= 11 is 0. The number of piperidine rings is 1. The van der Waals surface area contributed by atoms with Gasteiger partial charge < -0.3 is 4.90 Å². The summed E-state index contributed by atoms with van der Waals surface area (Å²) in [6, 6.07) is 8.83. The average molecular weight is 348 g/mol. The highest BCUT2D eigenvalue weighted by Crippen LogP contribution is 2.18. The van der Waals surface area contributed by atoms with Crippen molar-refractivity contribution in [3.8, 4) is 5.69 Å². The van der Waals surface area contributed by atoms with Gasteiger partial charge in [0, 0.05) is 36.7 Å². The SMILES string of the molecule is CC(=O)c1ccc(-n2ccc3nc(N4CCCCC4)ncc3c2=O)cc1. The molecule has 1 fully saturated rings. The Balaban J connectivity index is 1.72. The van der Waals surface area contributed by atoms with Crippen LogP contribution in [0.15, 0.2) is 47.5 Å². The summed E-state index contributed by atoms with van der Waals surface area (Å²) in [5, 5.41) is 0.490. The maximum atomic E-state index is 12.8. The minimum Gasteiger partial charge on any atom is -0.341 e. The Labute approximate surface area is 151 Å². The van der Waals surface area contributed by atoms with Crippen LogP contribution in [0.3, 0.4) is 0 Å². The molecule has 1 aliphatic rings. The van der Waals surface area contributed by atoms with E-state index in [0.717, 1.165) is 25.9 Å². The van der Waals surface area contributed by atoms with E-state index < -0.39 is 0 Å². The van der Waals surface area contributed by atoms with E-state index in [1.54, 1.807) is 41.2 Å². The smallest absolute Gasteiger partial charge is 0.266 e. The maximum Gasteiger partial charge on any atom is 0.266 e. The van der Waals surface area contributed by atoms with Crippen molar-refractivity contribution in [2.45, 2.75) is 26.2 Å². The highest BCUT2D eigenvalue weighted by molar-refractivity contribution is 5.94. The third-order valence-electron chi connectivity index (χ3n) is 4.83. The van der Waals surface area contributed by atoms with E-state index in [4.69, 9.17) is 0 Å². The number of Topliss-reactive ketones (excluding diaryl/α,β-unsaturated/α-hetero) is 1. The molecule has 0 bridgehead atoms. The van der Waals surface area contributed by atoms with Crippen LogP contribution in [0.2, 0.25) is 0 Å². The molecule has 0 spiro atoms. The average Bonchev–Trinajstić information content (AvgIpc) is 2.69. The lowest BCUT2D eigenvalue weighted by atomic mass is 10.1. The Morgan fingerprint density at radius 3 is 2.46 bits per heavy atom. The molecule has 0 amide bonds. The first-order valence-corrected chi connectivity index (χ1v) is 8.88. The number of carbonyl (C=O) groups excluding carboxylic acids is 1. The first kappa shape index (κ1) is 16.4. The molecule has 3 aromatic rings. The summed E-state index contributed by atoms with van der Waals surface area (Å²) < 4.78 is 1.55. The lowest BCUT2D eigenvalue weighted by molar-refractivity contribution is 0.101. The van der Waals surface area contributed by atoms with Gasteiger partial charge in [-0.25, -0.2) is 9.97 Å². The molecule has 1 saturated heterocycles. The van der Waals surface area contributed by atoms with E-state index in [2.05, 4.69) is 14.9 Å². The molecule has 2 aromatic heterocycles. The highest BCUT2D eigenvalue weighted by Gasteiger charge is 2.15. The zero-order valence-corrected chi connectivity index (χ0v) is 14.7. The van der Waals surface area contributed by atoms with E-state index in [0.29, 0.717) is 28.1 Å². The normalized spacial score (nSPS) is 14.6. The number of carbonyl (C=O) groups is 1. The summed E-state index contributed by atoms with van der Waals surface area (Å²) in [5.41, 5.74) is 1.82. The Morgan fingerprint density at radius 1 is 1.04 bits per heavy atom. The molecule has 0 saturated carbocycles. The molecule has 1 aliphatic heterocycles. The van der Waals surface area contributed by atoms with Crippen LogP contribution in [0.5, 0.6) is 0 Å². The number of rotatable bonds is 3. The number of aromatic nitrogens is 3.